The van der Waals surface area contributed by atoms with E-state index in [4.69, 9.17) is 0 Å². The van der Waals surface area contributed by atoms with Crippen molar-refractivity contribution in [3.8, 4) is 17.0 Å². The third-order valence-electron chi connectivity index (χ3n) is 3.45. The highest BCUT2D eigenvalue weighted by atomic mass is 79.9. The van der Waals surface area contributed by atoms with Crippen molar-refractivity contribution in [1.29, 1.82) is 0 Å². The predicted octanol–water partition coefficient (Wildman–Crippen LogP) is 5.41. The number of hydrogen-bond donors (Lipinski definition) is 2. The van der Waals surface area contributed by atoms with Crippen LogP contribution in [0.1, 0.15) is 5.56 Å². The molecule has 2 aromatic carbocycles. The number of halogens is 4. The van der Waals surface area contributed by atoms with Gasteiger partial charge in [-0.2, -0.15) is 13.2 Å². The predicted molar refractivity (Wildman–Crippen MR) is 82.9 cm³/mol. The van der Waals surface area contributed by atoms with Gasteiger partial charge in [0.05, 0.1) is 16.6 Å². The molecule has 0 amide bonds. The van der Waals surface area contributed by atoms with Gasteiger partial charge in [0.15, 0.2) is 0 Å². The molecule has 0 aliphatic heterocycles. The minimum absolute atomic E-state index is 0.0857. The van der Waals surface area contributed by atoms with Crippen molar-refractivity contribution >= 4 is 26.8 Å². The first-order valence-corrected chi connectivity index (χ1v) is 7.30. The van der Waals surface area contributed by atoms with Gasteiger partial charge in [-0.25, -0.2) is 0 Å². The summed E-state index contributed by atoms with van der Waals surface area (Å²) in [5.74, 6) is -0.0857. The molecule has 0 atom stereocenters. The molecule has 2 nitrogen and oxygen atoms in total. The number of aromatic hydroxyl groups is 1. The summed E-state index contributed by atoms with van der Waals surface area (Å²) in [6, 6.07) is 11.7. The summed E-state index contributed by atoms with van der Waals surface area (Å²) in [6.45, 7) is 0. The lowest BCUT2D eigenvalue weighted by atomic mass is 10.0. The third kappa shape index (κ3) is 2.70. The van der Waals surface area contributed by atoms with Crippen LogP contribution in [-0.2, 0) is 6.42 Å². The van der Waals surface area contributed by atoms with Crippen molar-refractivity contribution in [2.24, 2.45) is 0 Å². The van der Waals surface area contributed by atoms with Crippen molar-refractivity contribution in [2.75, 3.05) is 0 Å². The number of alkyl halides is 3. The minimum Gasteiger partial charge on any atom is -0.506 e. The molecule has 0 aliphatic carbocycles. The molecule has 0 radical (unpaired) electrons. The summed E-state index contributed by atoms with van der Waals surface area (Å²) < 4.78 is 39.2. The molecule has 0 fully saturated rings. The Bertz CT molecular complexity index is 839. The Kier molecular flexibility index (Phi) is 3.64. The standard InChI is InChI=1S/C16H11BrF3NO/c17-12-6-3-5-10(15(12)22)14-11(8-16(18,19)20)9-4-1-2-7-13(9)21-14/h1-7,21-22H,8H2. The Morgan fingerprint density at radius 1 is 1.05 bits per heavy atom. The highest BCUT2D eigenvalue weighted by molar-refractivity contribution is 9.10. The van der Waals surface area contributed by atoms with Crippen LogP contribution in [0.2, 0.25) is 0 Å². The average molecular weight is 370 g/mol. The number of rotatable bonds is 2. The van der Waals surface area contributed by atoms with E-state index >= 15 is 0 Å². The Balaban J connectivity index is 2.29. The summed E-state index contributed by atoms with van der Waals surface area (Å²) in [5.41, 5.74) is 1.37. The highest BCUT2D eigenvalue weighted by Gasteiger charge is 2.31. The van der Waals surface area contributed by atoms with Gasteiger partial charge in [0.25, 0.3) is 0 Å². The summed E-state index contributed by atoms with van der Waals surface area (Å²) in [7, 11) is 0. The number of para-hydroxylation sites is 2. The molecule has 0 saturated carbocycles. The number of H-pyrrole nitrogens is 1. The normalized spacial score (nSPS) is 12.0. The molecule has 22 heavy (non-hydrogen) atoms. The third-order valence-corrected chi connectivity index (χ3v) is 4.09. The molecule has 0 saturated heterocycles. The van der Waals surface area contributed by atoms with Crippen LogP contribution in [0.3, 0.4) is 0 Å². The zero-order valence-corrected chi connectivity index (χ0v) is 12.8. The molecule has 0 bridgehead atoms. The number of phenolic OH excluding ortho intramolecular Hbond substituents is 1. The fourth-order valence-electron chi connectivity index (χ4n) is 2.53. The molecule has 2 N–H and O–H groups in total. The average Bonchev–Trinajstić information content (AvgIpc) is 2.79. The van der Waals surface area contributed by atoms with E-state index in [1.165, 1.54) is 0 Å². The quantitative estimate of drug-likeness (QED) is 0.622. The summed E-state index contributed by atoms with van der Waals surface area (Å²) in [4.78, 5) is 2.99. The van der Waals surface area contributed by atoms with Crippen LogP contribution in [0.4, 0.5) is 13.2 Å². The van der Waals surface area contributed by atoms with Gasteiger partial charge in [-0.05, 0) is 39.7 Å². The van der Waals surface area contributed by atoms with Gasteiger partial charge in [-0.3, -0.25) is 0 Å². The number of nitrogens with one attached hydrogen (secondary N) is 1. The van der Waals surface area contributed by atoms with E-state index < -0.39 is 12.6 Å². The topological polar surface area (TPSA) is 36.0 Å². The van der Waals surface area contributed by atoms with Crippen molar-refractivity contribution in [2.45, 2.75) is 12.6 Å². The van der Waals surface area contributed by atoms with Gasteiger partial charge in [0.1, 0.15) is 5.75 Å². The monoisotopic (exact) mass is 369 g/mol. The van der Waals surface area contributed by atoms with Gasteiger partial charge in [-0.1, -0.05) is 24.3 Å². The maximum atomic E-state index is 12.9. The largest absolute Gasteiger partial charge is 0.506 e. The molecule has 0 spiro atoms. The van der Waals surface area contributed by atoms with Gasteiger partial charge in [0, 0.05) is 16.5 Å². The summed E-state index contributed by atoms with van der Waals surface area (Å²) >= 11 is 3.19. The molecular weight excluding hydrogens is 359 g/mol. The summed E-state index contributed by atoms with van der Waals surface area (Å²) in [5, 5.41) is 10.7. The Morgan fingerprint density at radius 2 is 1.77 bits per heavy atom. The summed E-state index contributed by atoms with van der Waals surface area (Å²) in [6.07, 6.45) is -5.39. The van der Waals surface area contributed by atoms with Crippen LogP contribution in [0, 0.1) is 0 Å². The van der Waals surface area contributed by atoms with E-state index in [1.807, 2.05) is 0 Å². The van der Waals surface area contributed by atoms with Gasteiger partial charge in [0.2, 0.25) is 0 Å². The molecule has 1 heterocycles. The van der Waals surface area contributed by atoms with E-state index in [0.29, 0.717) is 20.9 Å². The number of phenols is 1. The minimum atomic E-state index is -4.33. The second kappa shape index (κ2) is 5.35. The van der Waals surface area contributed by atoms with Crippen LogP contribution in [0.25, 0.3) is 22.2 Å². The maximum Gasteiger partial charge on any atom is 0.393 e. The van der Waals surface area contributed by atoms with Crippen LogP contribution >= 0.6 is 15.9 Å². The molecule has 0 aliphatic rings. The molecule has 3 rings (SSSR count). The maximum absolute atomic E-state index is 12.9. The smallest absolute Gasteiger partial charge is 0.393 e. The molecule has 3 aromatic rings. The molecule has 114 valence electrons. The highest BCUT2D eigenvalue weighted by Crippen LogP contribution is 2.40. The number of fused-ring (bicyclic) bond motifs is 1. The second-order valence-electron chi connectivity index (χ2n) is 4.95. The number of aromatic amines is 1. The second-order valence-corrected chi connectivity index (χ2v) is 5.81. The van der Waals surface area contributed by atoms with Crippen molar-refractivity contribution in [1.82, 2.24) is 4.98 Å². The van der Waals surface area contributed by atoms with E-state index in [9.17, 15) is 18.3 Å². The van der Waals surface area contributed by atoms with E-state index in [-0.39, 0.29) is 17.0 Å². The molecular formula is C16H11BrF3NO. The first-order valence-electron chi connectivity index (χ1n) is 6.51. The van der Waals surface area contributed by atoms with Gasteiger partial charge >= 0.3 is 6.18 Å². The SMILES string of the molecule is Oc1c(Br)cccc1-c1[nH]c2ccccc2c1CC(F)(F)F. The van der Waals surface area contributed by atoms with Crippen molar-refractivity contribution in [3.63, 3.8) is 0 Å². The fourth-order valence-corrected chi connectivity index (χ4v) is 2.90. The molecule has 6 heteroatoms. The van der Waals surface area contributed by atoms with E-state index in [0.717, 1.165) is 0 Å². The molecule has 0 unspecified atom stereocenters. The van der Waals surface area contributed by atoms with E-state index in [1.54, 1.807) is 42.5 Å². The van der Waals surface area contributed by atoms with Crippen LogP contribution < -0.4 is 0 Å². The lowest BCUT2D eigenvalue weighted by molar-refractivity contribution is -0.126. The number of hydrogen-bond acceptors (Lipinski definition) is 1. The zero-order chi connectivity index (χ0) is 15.9. The number of aromatic nitrogens is 1. The van der Waals surface area contributed by atoms with Crippen molar-refractivity contribution in [3.05, 3.63) is 52.5 Å². The first kappa shape index (κ1) is 15.0. The zero-order valence-electron chi connectivity index (χ0n) is 11.2. The Hall–Kier alpha value is -1.95. The van der Waals surface area contributed by atoms with Crippen molar-refractivity contribution < 1.29 is 18.3 Å². The number of benzene rings is 2. The van der Waals surface area contributed by atoms with E-state index in [2.05, 4.69) is 20.9 Å². The van der Waals surface area contributed by atoms with Crippen LogP contribution in [0.15, 0.2) is 46.9 Å². The lowest BCUT2D eigenvalue weighted by Crippen LogP contribution is -2.12. The van der Waals surface area contributed by atoms with Gasteiger partial charge in [-0.15, -0.1) is 0 Å². The fraction of sp³-hybridized carbons (Fsp3) is 0.125. The lowest BCUT2D eigenvalue weighted by Gasteiger charge is -2.10. The van der Waals surface area contributed by atoms with Gasteiger partial charge < -0.3 is 10.1 Å². The Morgan fingerprint density at radius 3 is 2.50 bits per heavy atom. The first-order chi connectivity index (χ1) is 10.4. The Labute approximate surface area is 132 Å². The molecule has 1 aromatic heterocycles. The van der Waals surface area contributed by atoms with Crippen LogP contribution in [-0.4, -0.2) is 16.3 Å². The van der Waals surface area contributed by atoms with Crippen LogP contribution in [0.5, 0.6) is 5.75 Å².